The van der Waals surface area contributed by atoms with E-state index in [1.165, 1.54) is 19.3 Å². The lowest BCUT2D eigenvalue weighted by atomic mass is 9.45. The van der Waals surface area contributed by atoms with Crippen molar-refractivity contribution in [1.29, 1.82) is 0 Å². The topological polar surface area (TPSA) is 227 Å². The molecule has 7 N–H and O–H groups in total. The Morgan fingerprint density at radius 1 is 0.677 bits per heavy atom. The monoisotopic (exact) mass is 1320 g/mol. The highest BCUT2D eigenvalue weighted by atomic mass is 16.7. The molecule has 0 unspecified atom stereocenters. The number of carbonyl (C=O) groups excluding carboxylic acids is 4. The zero-order valence-corrected chi connectivity index (χ0v) is 59.6. The molecule has 4 amide bonds. The minimum Gasteiger partial charge on any atom is -0.496 e. The number of aliphatic hydroxyl groups excluding tert-OH is 3. The van der Waals surface area contributed by atoms with Crippen molar-refractivity contribution in [1.82, 2.24) is 41.2 Å². The highest BCUT2D eigenvalue weighted by Gasteiger charge is 2.59. The van der Waals surface area contributed by atoms with Gasteiger partial charge in [-0.25, -0.2) is 0 Å². The van der Waals surface area contributed by atoms with Gasteiger partial charge < -0.3 is 51.0 Å². The summed E-state index contributed by atoms with van der Waals surface area (Å²) in [7, 11) is 5.52. The van der Waals surface area contributed by atoms with Gasteiger partial charge in [0.25, 0.3) is 11.8 Å². The number of nitrogens with zero attached hydrogens (tertiary/aromatic N) is 4. The number of ether oxygens (including phenoxy) is 2. The van der Waals surface area contributed by atoms with Crippen LogP contribution >= 0.6 is 0 Å². The van der Waals surface area contributed by atoms with Crippen LogP contribution in [-0.2, 0) is 32.4 Å². The third-order valence-electron chi connectivity index (χ3n) is 23.8. The van der Waals surface area contributed by atoms with Crippen molar-refractivity contribution < 1.29 is 53.6 Å². The van der Waals surface area contributed by atoms with Crippen molar-refractivity contribution >= 4 is 23.6 Å². The second-order valence-electron chi connectivity index (χ2n) is 30.6. The summed E-state index contributed by atoms with van der Waals surface area (Å²) in [5, 5.41) is 47.8. The number of aliphatic hydroxyl groups is 3. The van der Waals surface area contributed by atoms with Crippen LogP contribution in [0.15, 0.2) is 84.9 Å². The van der Waals surface area contributed by atoms with E-state index in [9.17, 15) is 34.5 Å². The molecule has 13 rings (SSSR count). The van der Waals surface area contributed by atoms with E-state index in [0.29, 0.717) is 101 Å². The number of likely N-dealkylation sites (tertiary alicyclic amines) is 1. The van der Waals surface area contributed by atoms with E-state index in [1.807, 2.05) is 105 Å². The number of amides is 4. The number of methoxy groups -OCH3 is 1. The van der Waals surface area contributed by atoms with Crippen LogP contribution in [0, 0.1) is 64.1 Å². The molecule has 4 aromatic rings. The molecule has 4 aromatic carbocycles. The lowest BCUT2D eigenvalue weighted by molar-refractivity contribution is -0.183. The molecule has 19 nitrogen and oxygen atoms in total. The number of likely N-dealkylation sites (N-methyl/N-ethyl adjacent to an activating group) is 2. The summed E-state index contributed by atoms with van der Waals surface area (Å²) < 4.78 is 12.3. The largest absolute Gasteiger partial charge is 0.496 e. The zero-order valence-electron chi connectivity index (χ0n) is 59.6. The van der Waals surface area contributed by atoms with Crippen LogP contribution in [0.5, 0.6) is 11.5 Å². The Morgan fingerprint density at radius 3 is 1.62 bits per heavy atom. The lowest BCUT2D eigenvalue weighted by Gasteiger charge is -2.62. The fourth-order valence-corrected chi connectivity index (χ4v) is 18.0. The number of nitrogens with one attached hydrogen (secondary N) is 4. The summed E-state index contributed by atoms with van der Waals surface area (Å²) in [6, 6.07) is 26.1. The number of carbonyl (C=O) groups is 4. The molecular weight excluding hydrogens is 1210 g/mol. The Bertz CT molecular complexity index is 3340. The molecule has 0 aromatic heterocycles. The molecular formula is C77H112N8O11. The van der Waals surface area contributed by atoms with Crippen LogP contribution in [0.25, 0.3) is 22.3 Å². The first-order valence-corrected chi connectivity index (χ1v) is 35.8. The maximum Gasteiger partial charge on any atom is 0.251 e. The van der Waals surface area contributed by atoms with Gasteiger partial charge in [0.15, 0.2) is 0 Å². The molecule has 3 aliphatic heterocycles. The SMILES string of the molecule is CCOc1c(CN2O[C@@H](CO)[C@H](C(C)C)[C@H]2C(=O)N[C@H]2C[C@H]3C[C@@H]([C@@H]2C)C3(C)C)cccc1-c1cccc(C(=O)NC[C@@H]2CCCN2CC)c1.COc1c(CN2O[C@@H](CO)[C@H]([C@H](C)O)[C@H]2C(=O)N[C@H]2C[C@H]3C[C@@H]([C@@H]2C)C3(C)C)cccc1-c1cccc(C(=O)NCCN(C)C)c1. The summed E-state index contributed by atoms with van der Waals surface area (Å²) in [5.41, 5.74) is 6.83. The van der Waals surface area contributed by atoms with Gasteiger partial charge >= 0.3 is 0 Å². The minimum atomic E-state index is -0.881. The summed E-state index contributed by atoms with van der Waals surface area (Å²) in [6.07, 6.45) is 4.59. The lowest BCUT2D eigenvalue weighted by Crippen LogP contribution is -2.62. The van der Waals surface area contributed by atoms with Gasteiger partial charge in [-0.2, -0.15) is 10.1 Å². The van der Waals surface area contributed by atoms with Gasteiger partial charge in [-0.15, -0.1) is 0 Å². The van der Waals surface area contributed by atoms with Crippen LogP contribution in [0.2, 0.25) is 0 Å². The van der Waals surface area contributed by atoms with Crippen molar-refractivity contribution in [2.45, 2.75) is 176 Å². The Balaban J connectivity index is 0.000000210. The van der Waals surface area contributed by atoms with Crippen molar-refractivity contribution in [2.75, 3.05) is 73.7 Å². The van der Waals surface area contributed by atoms with Crippen LogP contribution in [0.3, 0.4) is 0 Å². The van der Waals surface area contributed by atoms with Crippen LogP contribution < -0.4 is 30.7 Å². The number of hydrogen-bond donors (Lipinski definition) is 7. The second-order valence-corrected chi connectivity index (χ2v) is 30.6. The predicted molar refractivity (Wildman–Crippen MR) is 373 cm³/mol. The normalized spacial score (nSPS) is 30.0. The number of benzene rings is 4. The van der Waals surface area contributed by atoms with E-state index in [4.69, 9.17) is 19.1 Å². The Kier molecular flexibility index (Phi) is 23.5. The summed E-state index contributed by atoms with van der Waals surface area (Å²) in [5.74, 6) is 3.35. The fourth-order valence-electron chi connectivity index (χ4n) is 18.0. The summed E-state index contributed by atoms with van der Waals surface area (Å²) >= 11 is 0. The molecule has 3 heterocycles. The maximum absolute atomic E-state index is 14.3. The Morgan fingerprint density at radius 2 is 1.17 bits per heavy atom. The zero-order chi connectivity index (χ0) is 69.1. The number of hydroxylamine groups is 4. The first kappa shape index (κ1) is 72.7. The molecule has 19 heteroatoms. The van der Waals surface area contributed by atoms with Gasteiger partial charge in [-0.3, -0.25) is 33.8 Å². The molecule has 6 aliphatic carbocycles. The highest BCUT2D eigenvalue weighted by molar-refractivity contribution is 5.96. The fraction of sp³-hybridized carbons (Fsp3) is 0.636. The van der Waals surface area contributed by atoms with Gasteiger partial charge in [0.2, 0.25) is 11.8 Å². The third-order valence-corrected chi connectivity index (χ3v) is 23.8. The van der Waals surface area contributed by atoms with Crippen LogP contribution in [0.4, 0.5) is 0 Å². The number of fused-ring (bicyclic) bond motifs is 4. The average molecular weight is 1330 g/mol. The maximum atomic E-state index is 14.3. The highest BCUT2D eigenvalue weighted by Crippen LogP contribution is 2.62. The number of para-hydroxylation sites is 2. The van der Waals surface area contributed by atoms with Crippen molar-refractivity contribution in [3.63, 3.8) is 0 Å². The molecule has 526 valence electrons. The standard InChI is InChI=1S/C41H60N4O5.C36H52N4O6/c1-8-44-18-12-16-31(44)22-42-39(47)28-14-10-13-27(19-28)32-17-11-15-29(38(32)49-9-2)23-45-37(36(25(3)4)35(24-46)50-45)40(48)43-34-21-30-20-33(26(34)5)41(30,6)7;1-21-28-17-26(36(28,3)4)18-29(21)38-35(44)32-31(22(2)42)30(20-41)46-40(32)19-25-12-9-13-27(33(25)45-7)23-10-8-11-24(16-23)34(43)37-14-15-39(5)6/h10-11,13-15,17,19,25-26,30-31,33-37,46H,8-9,12,16,18,20-24H2,1-7H3,(H,42,47)(H,43,48);8-13,16,21-22,26,28-32,41-42H,14-15,17-20H2,1-7H3,(H,37,43)(H,38,44)/t26-,30+,31-,33-,34-,35-,36-,37-;21-,22-,26+,28-,29-,30-,31-,32-/m00/s1. The quantitative estimate of drug-likeness (QED) is 0.0328. The van der Waals surface area contributed by atoms with E-state index < -0.39 is 36.3 Å². The second kappa shape index (κ2) is 31.0. The molecule has 6 saturated carbocycles. The van der Waals surface area contributed by atoms with Crippen LogP contribution in [-0.4, -0.2) is 181 Å². The van der Waals surface area contributed by atoms with E-state index in [0.717, 1.165) is 72.3 Å². The average Bonchev–Trinajstić information content (AvgIpc) is 0.740. The Hall–Kier alpha value is -6.00. The molecule has 0 radical (unpaired) electrons. The van der Waals surface area contributed by atoms with E-state index in [2.05, 4.69) is 88.5 Å². The molecule has 16 atom stereocenters. The predicted octanol–water partition coefficient (Wildman–Crippen LogP) is 9.22. The smallest absolute Gasteiger partial charge is 0.251 e. The number of hydrogen-bond acceptors (Lipinski definition) is 15. The molecule has 9 aliphatic rings. The van der Waals surface area contributed by atoms with Crippen molar-refractivity contribution in [2.24, 2.45) is 64.1 Å². The molecule has 96 heavy (non-hydrogen) atoms. The first-order chi connectivity index (χ1) is 45.8. The number of rotatable bonds is 25. The summed E-state index contributed by atoms with van der Waals surface area (Å²) in [4.78, 5) is 71.6. The van der Waals surface area contributed by atoms with Crippen molar-refractivity contribution in [3.05, 3.63) is 107 Å². The van der Waals surface area contributed by atoms with Crippen LogP contribution in [0.1, 0.15) is 147 Å². The molecule has 0 spiro atoms. The summed E-state index contributed by atoms with van der Waals surface area (Å²) in [6.45, 7) is 28.4. The van der Waals surface area contributed by atoms with Gasteiger partial charge in [-0.1, -0.05) is 123 Å². The van der Waals surface area contributed by atoms with E-state index in [1.54, 1.807) is 30.2 Å². The minimum absolute atomic E-state index is 0.0249. The Labute approximate surface area is 571 Å². The van der Waals surface area contributed by atoms with Gasteiger partial charge in [0, 0.05) is 83.0 Å². The van der Waals surface area contributed by atoms with Gasteiger partial charge in [0.1, 0.15) is 35.8 Å². The molecule has 9 fully saturated rings. The van der Waals surface area contributed by atoms with E-state index >= 15 is 0 Å². The molecule has 4 bridgehead atoms. The van der Waals surface area contributed by atoms with Gasteiger partial charge in [-0.05, 0) is 167 Å². The van der Waals surface area contributed by atoms with E-state index in [-0.39, 0.29) is 67.3 Å². The first-order valence-electron chi connectivity index (χ1n) is 35.8. The molecule has 3 saturated heterocycles. The van der Waals surface area contributed by atoms with Gasteiger partial charge in [0.05, 0.1) is 46.1 Å². The van der Waals surface area contributed by atoms with Crippen molar-refractivity contribution in [3.8, 4) is 33.8 Å². The third kappa shape index (κ3) is 15.1.